The van der Waals surface area contributed by atoms with Crippen LogP contribution in [-0.2, 0) is 9.59 Å². The molecule has 0 atom stereocenters. The molecular weight excluding hydrogens is 268 g/mol. The van der Waals surface area contributed by atoms with Crippen molar-refractivity contribution in [1.29, 1.82) is 0 Å². The molecule has 116 valence electrons. The fourth-order valence-corrected chi connectivity index (χ4v) is 1.72. The average molecular weight is 292 g/mol. The van der Waals surface area contributed by atoms with Gasteiger partial charge in [0.05, 0.1) is 6.54 Å². The third-order valence-electron chi connectivity index (χ3n) is 2.79. The van der Waals surface area contributed by atoms with Gasteiger partial charge in [-0.2, -0.15) is 0 Å². The lowest BCUT2D eigenvalue weighted by molar-refractivity contribution is -0.127. The highest BCUT2D eigenvalue weighted by Gasteiger charge is 2.08. The largest absolute Gasteiger partial charge is 0.484 e. The molecule has 0 heterocycles. The van der Waals surface area contributed by atoms with Crippen LogP contribution in [0.15, 0.2) is 24.3 Å². The Balaban J connectivity index is 2.36. The van der Waals surface area contributed by atoms with Crippen LogP contribution in [0.3, 0.4) is 0 Å². The topological polar surface area (TPSA) is 67.4 Å². The molecule has 0 bridgehead atoms. The molecule has 0 aliphatic carbocycles. The fourth-order valence-electron chi connectivity index (χ4n) is 1.72. The van der Waals surface area contributed by atoms with Crippen LogP contribution >= 0.6 is 0 Å². The smallest absolute Gasteiger partial charge is 0.258 e. The Morgan fingerprint density at radius 3 is 2.48 bits per heavy atom. The third-order valence-corrected chi connectivity index (χ3v) is 2.79. The highest BCUT2D eigenvalue weighted by atomic mass is 16.5. The quantitative estimate of drug-likeness (QED) is 0.805. The zero-order valence-electron chi connectivity index (χ0n) is 13.1. The highest BCUT2D eigenvalue weighted by molar-refractivity contribution is 5.85. The maximum Gasteiger partial charge on any atom is 0.258 e. The number of hydrogen-bond donors (Lipinski definition) is 2. The summed E-state index contributed by atoms with van der Waals surface area (Å²) in [6.45, 7) is 7.79. The van der Waals surface area contributed by atoms with Crippen molar-refractivity contribution in [2.45, 2.75) is 39.7 Å². The molecule has 0 aliphatic heterocycles. The first kappa shape index (κ1) is 17.0. The molecule has 21 heavy (non-hydrogen) atoms. The second-order valence-electron chi connectivity index (χ2n) is 5.51. The SMILES string of the molecule is CC(C)NC(=O)CNC(=O)COc1cccc(C(C)C)c1. The Bertz CT molecular complexity index is 484. The Morgan fingerprint density at radius 2 is 1.86 bits per heavy atom. The molecule has 0 spiro atoms. The zero-order valence-corrected chi connectivity index (χ0v) is 13.1. The molecule has 5 heteroatoms. The predicted molar refractivity (Wildman–Crippen MR) is 82.3 cm³/mol. The minimum absolute atomic E-state index is 0.0353. The minimum Gasteiger partial charge on any atom is -0.484 e. The maximum absolute atomic E-state index is 11.6. The van der Waals surface area contributed by atoms with E-state index in [0.717, 1.165) is 5.56 Å². The molecule has 0 unspecified atom stereocenters. The number of nitrogens with one attached hydrogen (secondary N) is 2. The van der Waals surface area contributed by atoms with Gasteiger partial charge in [-0.25, -0.2) is 0 Å². The van der Waals surface area contributed by atoms with E-state index in [4.69, 9.17) is 4.74 Å². The van der Waals surface area contributed by atoms with Crippen molar-refractivity contribution in [3.05, 3.63) is 29.8 Å². The minimum atomic E-state index is -0.316. The van der Waals surface area contributed by atoms with Gasteiger partial charge in [0.25, 0.3) is 5.91 Å². The molecule has 0 saturated carbocycles. The van der Waals surface area contributed by atoms with Gasteiger partial charge < -0.3 is 15.4 Å². The standard InChI is InChI=1S/C16H24N2O3/c1-11(2)13-6-5-7-14(8-13)21-10-16(20)17-9-15(19)18-12(3)4/h5-8,11-12H,9-10H2,1-4H3,(H,17,20)(H,18,19). The van der Waals surface area contributed by atoms with Gasteiger partial charge in [0, 0.05) is 6.04 Å². The first-order valence-corrected chi connectivity index (χ1v) is 7.17. The molecule has 2 amide bonds. The monoisotopic (exact) mass is 292 g/mol. The third kappa shape index (κ3) is 6.79. The van der Waals surface area contributed by atoms with E-state index >= 15 is 0 Å². The number of carbonyl (C=O) groups is 2. The van der Waals surface area contributed by atoms with Crippen LogP contribution in [0.5, 0.6) is 5.75 Å². The van der Waals surface area contributed by atoms with Crippen LogP contribution in [0.1, 0.15) is 39.2 Å². The molecule has 0 aromatic heterocycles. The first-order chi connectivity index (χ1) is 9.88. The normalized spacial score (nSPS) is 10.6. The second-order valence-corrected chi connectivity index (χ2v) is 5.51. The van der Waals surface area contributed by atoms with Gasteiger partial charge in [-0.1, -0.05) is 26.0 Å². The van der Waals surface area contributed by atoms with E-state index in [1.165, 1.54) is 0 Å². The van der Waals surface area contributed by atoms with Crippen molar-refractivity contribution in [2.24, 2.45) is 0 Å². The molecular formula is C16H24N2O3. The first-order valence-electron chi connectivity index (χ1n) is 7.17. The summed E-state index contributed by atoms with van der Waals surface area (Å²) in [7, 11) is 0. The molecule has 0 radical (unpaired) electrons. The van der Waals surface area contributed by atoms with E-state index in [1.807, 2.05) is 38.1 Å². The number of carbonyl (C=O) groups excluding carboxylic acids is 2. The lowest BCUT2D eigenvalue weighted by Crippen LogP contribution is -2.41. The summed E-state index contributed by atoms with van der Waals surface area (Å²) in [6.07, 6.45) is 0. The Morgan fingerprint density at radius 1 is 1.14 bits per heavy atom. The van der Waals surface area contributed by atoms with Crippen LogP contribution in [0.2, 0.25) is 0 Å². The number of rotatable bonds is 7. The van der Waals surface area contributed by atoms with E-state index in [1.54, 1.807) is 0 Å². The van der Waals surface area contributed by atoms with E-state index < -0.39 is 0 Å². The second kappa shape index (κ2) is 8.29. The Hall–Kier alpha value is -2.04. The number of ether oxygens (including phenoxy) is 1. The predicted octanol–water partition coefficient (Wildman–Crippen LogP) is 1.83. The molecule has 0 saturated heterocycles. The van der Waals surface area contributed by atoms with E-state index in [0.29, 0.717) is 11.7 Å². The van der Waals surface area contributed by atoms with Gasteiger partial charge in [0.15, 0.2) is 6.61 Å². The average Bonchev–Trinajstić information content (AvgIpc) is 2.42. The summed E-state index contributed by atoms with van der Waals surface area (Å²) in [5, 5.41) is 5.22. The molecule has 1 aromatic carbocycles. The van der Waals surface area contributed by atoms with Gasteiger partial charge >= 0.3 is 0 Å². The molecule has 1 aromatic rings. The molecule has 0 fully saturated rings. The van der Waals surface area contributed by atoms with Gasteiger partial charge in [-0.3, -0.25) is 9.59 Å². The highest BCUT2D eigenvalue weighted by Crippen LogP contribution is 2.19. The van der Waals surface area contributed by atoms with Crippen molar-refractivity contribution >= 4 is 11.8 Å². The zero-order chi connectivity index (χ0) is 15.8. The van der Waals surface area contributed by atoms with Gasteiger partial charge in [0.1, 0.15) is 5.75 Å². The van der Waals surface area contributed by atoms with E-state index in [9.17, 15) is 9.59 Å². The molecule has 2 N–H and O–H groups in total. The summed E-state index contributed by atoms with van der Waals surface area (Å²) < 4.78 is 5.43. The van der Waals surface area contributed by atoms with E-state index in [2.05, 4.69) is 24.5 Å². The summed E-state index contributed by atoms with van der Waals surface area (Å²) in [6, 6.07) is 7.71. The van der Waals surface area contributed by atoms with Crippen LogP contribution < -0.4 is 15.4 Å². The van der Waals surface area contributed by atoms with Gasteiger partial charge in [0.2, 0.25) is 5.91 Å². The van der Waals surface area contributed by atoms with Gasteiger partial charge in [-0.05, 0) is 37.5 Å². The Kier molecular flexibility index (Phi) is 6.72. The number of benzene rings is 1. The van der Waals surface area contributed by atoms with Crippen molar-refractivity contribution in [1.82, 2.24) is 10.6 Å². The number of amides is 2. The van der Waals surface area contributed by atoms with Crippen LogP contribution in [0.25, 0.3) is 0 Å². The summed E-state index contributed by atoms with van der Waals surface area (Å²) in [5.74, 6) is 0.536. The Labute approximate surface area is 126 Å². The lowest BCUT2D eigenvalue weighted by atomic mass is 10.0. The van der Waals surface area contributed by atoms with Crippen LogP contribution in [0, 0.1) is 0 Å². The summed E-state index contributed by atoms with van der Waals surface area (Å²) >= 11 is 0. The fraction of sp³-hybridized carbons (Fsp3) is 0.500. The van der Waals surface area contributed by atoms with Crippen molar-refractivity contribution in [3.8, 4) is 5.75 Å². The summed E-state index contributed by atoms with van der Waals surface area (Å²) in [4.78, 5) is 23.0. The molecule has 1 rings (SSSR count). The van der Waals surface area contributed by atoms with E-state index in [-0.39, 0.29) is 31.0 Å². The maximum atomic E-state index is 11.6. The van der Waals surface area contributed by atoms with Crippen molar-refractivity contribution in [2.75, 3.05) is 13.2 Å². The van der Waals surface area contributed by atoms with Crippen LogP contribution in [-0.4, -0.2) is 31.0 Å². The van der Waals surface area contributed by atoms with Crippen molar-refractivity contribution < 1.29 is 14.3 Å². The number of hydrogen-bond acceptors (Lipinski definition) is 3. The van der Waals surface area contributed by atoms with Crippen LogP contribution in [0.4, 0.5) is 0 Å². The molecule has 5 nitrogen and oxygen atoms in total. The van der Waals surface area contributed by atoms with Crippen molar-refractivity contribution in [3.63, 3.8) is 0 Å². The lowest BCUT2D eigenvalue weighted by Gasteiger charge is -2.11. The summed E-state index contributed by atoms with van der Waals surface area (Å²) in [5.41, 5.74) is 1.16. The molecule has 0 aliphatic rings. The van der Waals surface area contributed by atoms with Gasteiger partial charge in [-0.15, -0.1) is 0 Å².